The van der Waals surface area contributed by atoms with Crippen LogP contribution in [0.1, 0.15) is 0 Å². The van der Waals surface area contributed by atoms with E-state index in [1.165, 1.54) is 30.6 Å². The van der Waals surface area contributed by atoms with E-state index in [2.05, 4.69) is 15.6 Å². The van der Waals surface area contributed by atoms with Crippen LogP contribution in [0.4, 0.5) is 15.6 Å². The van der Waals surface area contributed by atoms with Crippen molar-refractivity contribution in [2.45, 2.75) is 0 Å². The molecule has 7 nitrogen and oxygen atoms in total. The van der Waals surface area contributed by atoms with Crippen LogP contribution in [0.5, 0.6) is 17.2 Å². The zero-order valence-corrected chi connectivity index (χ0v) is 13.8. The topological polar surface area (TPSA) is 92.7 Å². The number of anilines is 2. The van der Waals surface area contributed by atoms with E-state index in [9.17, 15) is 9.90 Å². The zero-order chi connectivity index (χ0) is 17.1. The number of phenols is 1. The second-order valence-electron chi connectivity index (χ2n) is 4.82. The minimum atomic E-state index is -0.454. The van der Waals surface area contributed by atoms with Crippen LogP contribution in [0.2, 0.25) is 0 Å². The van der Waals surface area contributed by atoms with Gasteiger partial charge in [0.05, 0.1) is 30.1 Å². The van der Waals surface area contributed by atoms with Gasteiger partial charge in [0, 0.05) is 6.07 Å². The molecule has 0 spiro atoms. The molecular formula is C16H15N3O4S. The molecule has 0 aliphatic rings. The van der Waals surface area contributed by atoms with Crippen molar-refractivity contribution in [3.05, 3.63) is 36.4 Å². The number of benzene rings is 2. The van der Waals surface area contributed by atoms with Crippen LogP contribution in [0.15, 0.2) is 36.4 Å². The molecule has 3 rings (SSSR count). The van der Waals surface area contributed by atoms with Gasteiger partial charge in [0.25, 0.3) is 0 Å². The van der Waals surface area contributed by atoms with Crippen molar-refractivity contribution < 1.29 is 19.4 Å². The number of nitrogens with zero attached hydrogens (tertiary/aromatic N) is 1. The molecule has 0 atom stereocenters. The predicted octanol–water partition coefficient (Wildman–Crippen LogP) is 3.66. The summed E-state index contributed by atoms with van der Waals surface area (Å²) in [6, 6.07) is 9.48. The van der Waals surface area contributed by atoms with E-state index in [1.54, 1.807) is 13.2 Å². The SMILES string of the molecule is COc1ccc2nc(NC(=O)Nc3ccc(O)cc3OC)sc2c1. The highest BCUT2D eigenvalue weighted by Crippen LogP contribution is 2.30. The molecule has 24 heavy (non-hydrogen) atoms. The van der Waals surface area contributed by atoms with Gasteiger partial charge in [-0.05, 0) is 30.3 Å². The van der Waals surface area contributed by atoms with Gasteiger partial charge in [0.1, 0.15) is 17.2 Å². The third kappa shape index (κ3) is 3.33. The Balaban J connectivity index is 1.75. The van der Waals surface area contributed by atoms with E-state index in [4.69, 9.17) is 9.47 Å². The Morgan fingerprint density at radius 3 is 2.71 bits per heavy atom. The Bertz CT molecular complexity index is 894. The number of aromatic nitrogens is 1. The predicted molar refractivity (Wildman–Crippen MR) is 93.5 cm³/mol. The number of rotatable bonds is 4. The van der Waals surface area contributed by atoms with Crippen molar-refractivity contribution in [2.75, 3.05) is 24.9 Å². The maximum atomic E-state index is 12.1. The lowest BCUT2D eigenvalue weighted by Gasteiger charge is -2.10. The van der Waals surface area contributed by atoms with Gasteiger partial charge in [0.15, 0.2) is 5.13 Å². The number of urea groups is 1. The summed E-state index contributed by atoms with van der Waals surface area (Å²) in [6.07, 6.45) is 0. The van der Waals surface area contributed by atoms with Crippen LogP contribution in [0.25, 0.3) is 10.2 Å². The van der Waals surface area contributed by atoms with E-state index in [-0.39, 0.29) is 5.75 Å². The van der Waals surface area contributed by atoms with Crippen LogP contribution in [-0.2, 0) is 0 Å². The second-order valence-corrected chi connectivity index (χ2v) is 5.85. The van der Waals surface area contributed by atoms with E-state index in [1.807, 2.05) is 18.2 Å². The summed E-state index contributed by atoms with van der Waals surface area (Å²) in [5.74, 6) is 1.15. The Morgan fingerprint density at radius 2 is 1.96 bits per heavy atom. The van der Waals surface area contributed by atoms with Crippen molar-refractivity contribution in [1.82, 2.24) is 4.98 Å². The minimum Gasteiger partial charge on any atom is -0.508 e. The molecular weight excluding hydrogens is 330 g/mol. The number of aromatic hydroxyl groups is 1. The number of carbonyl (C=O) groups is 1. The molecule has 2 amide bonds. The van der Waals surface area contributed by atoms with Crippen LogP contribution in [0, 0.1) is 0 Å². The van der Waals surface area contributed by atoms with Gasteiger partial charge < -0.3 is 19.9 Å². The quantitative estimate of drug-likeness (QED) is 0.628. The maximum absolute atomic E-state index is 12.1. The molecule has 1 aromatic heterocycles. The third-order valence-electron chi connectivity index (χ3n) is 3.25. The first-order valence-electron chi connectivity index (χ1n) is 6.98. The average Bonchev–Trinajstić information content (AvgIpc) is 2.97. The summed E-state index contributed by atoms with van der Waals surface area (Å²) in [6.45, 7) is 0. The number of phenolic OH excluding ortho intramolecular Hbond substituents is 1. The fourth-order valence-corrected chi connectivity index (χ4v) is 3.01. The highest BCUT2D eigenvalue weighted by molar-refractivity contribution is 7.22. The van der Waals surface area contributed by atoms with Gasteiger partial charge in [-0.3, -0.25) is 5.32 Å². The molecule has 0 saturated heterocycles. The Hall–Kier alpha value is -3.00. The van der Waals surface area contributed by atoms with Gasteiger partial charge in [0.2, 0.25) is 0 Å². The van der Waals surface area contributed by atoms with Gasteiger partial charge in [-0.15, -0.1) is 0 Å². The van der Waals surface area contributed by atoms with E-state index in [0.717, 1.165) is 16.0 Å². The summed E-state index contributed by atoms with van der Waals surface area (Å²) in [5.41, 5.74) is 1.22. The molecule has 0 radical (unpaired) electrons. The normalized spacial score (nSPS) is 10.4. The number of thiazole rings is 1. The van der Waals surface area contributed by atoms with Crippen LogP contribution in [0.3, 0.4) is 0 Å². The molecule has 0 bridgehead atoms. The standard InChI is InChI=1S/C16H15N3O4S/c1-22-10-4-6-12-14(8-10)24-16(18-12)19-15(21)17-11-5-3-9(20)7-13(11)23-2/h3-8,20H,1-2H3,(H2,17,18,19,21). The van der Waals surface area contributed by atoms with Crippen LogP contribution >= 0.6 is 11.3 Å². The molecule has 0 saturated carbocycles. The van der Waals surface area contributed by atoms with Crippen molar-refractivity contribution in [1.29, 1.82) is 0 Å². The number of hydrogen-bond acceptors (Lipinski definition) is 6. The summed E-state index contributed by atoms with van der Waals surface area (Å²) in [7, 11) is 3.05. The van der Waals surface area contributed by atoms with E-state index < -0.39 is 6.03 Å². The molecule has 3 aromatic rings. The average molecular weight is 345 g/mol. The van der Waals surface area contributed by atoms with Crippen molar-refractivity contribution >= 4 is 38.4 Å². The van der Waals surface area contributed by atoms with E-state index in [0.29, 0.717) is 16.6 Å². The fourth-order valence-electron chi connectivity index (χ4n) is 2.12. The number of fused-ring (bicyclic) bond motifs is 1. The van der Waals surface area contributed by atoms with Gasteiger partial charge in [-0.2, -0.15) is 0 Å². The number of nitrogens with one attached hydrogen (secondary N) is 2. The number of ether oxygens (including phenoxy) is 2. The first-order chi connectivity index (χ1) is 11.6. The highest BCUT2D eigenvalue weighted by Gasteiger charge is 2.11. The lowest BCUT2D eigenvalue weighted by molar-refractivity contribution is 0.262. The Kier molecular flexibility index (Phi) is 4.39. The number of carbonyl (C=O) groups excluding carboxylic acids is 1. The first-order valence-corrected chi connectivity index (χ1v) is 7.80. The number of amides is 2. The maximum Gasteiger partial charge on any atom is 0.325 e. The molecule has 0 aliphatic heterocycles. The Morgan fingerprint density at radius 1 is 1.12 bits per heavy atom. The fraction of sp³-hybridized carbons (Fsp3) is 0.125. The minimum absolute atomic E-state index is 0.0536. The first kappa shape index (κ1) is 15.9. The number of hydrogen-bond donors (Lipinski definition) is 3. The summed E-state index contributed by atoms with van der Waals surface area (Å²) in [5, 5.41) is 15.2. The van der Waals surface area contributed by atoms with Gasteiger partial charge >= 0.3 is 6.03 Å². The van der Waals surface area contributed by atoms with Crippen molar-refractivity contribution in [3.8, 4) is 17.2 Å². The molecule has 2 aromatic carbocycles. The molecule has 3 N–H and O–H groups in total. The van der Waals surface area contributed by atoms with Gasteiger partial charge in [-0.25, -0.2) is 9.78 Å². The summed E-state index contributed by atoms with van der Waals surface area (Å²) in [4.78, 5) is 16.5. The Labute approximate surface area is 141 Å². The lowest BCUT2D eigenvalue weighted by atomic mass is 10.3. The smallest absolute Gasteiger partial charge is 0.325 e. The van der Waals surface area contributed by atoms with Gasteiger partial charge in [-0.1, -0.05) is 11.3 Å². The van der Waals surface area contributed by atoms with E-state index >= 15 is 0 Å². The lowest BCUT2D eigenvalue weighted by Crippen LogP contribution is -2.19. The van der Waals surface area contributed by atoms with Crippen LogP contribution in [-0.4, -0.2) is 30.3 Å². The number of methoxy groups -OCH3 is 2. The largest absolute Gasteiger partial charge is 0.508 e. The summed E-state index contributed by atoms with van der Waals surface area (Å²) < 4.78 is 11.2. The molecule has 0 fully saturated rings. The molecule has 0 unspecified atom stereocenters. The van der Waals surface area contributed by atoms with Crippen molar-refractivity contribution in [2.24, 2.45) is 0 Å². The highest BCUT2D eigenvalue weighted by atomic mass is 32.1. The monoisotopic (exact) mass is 345 g/mol. The molecule has 124 valence electrons. The molecule has 0 aliphatic carbocycles. The second kappa shape index (κ2) is 6.63. The molecule has 1 heterocycles. The van der Waals surface area contributed by atoms with Crippen LogP contribution < -0.4 is 20.1 Å². The zero-order valence-electron chi connectivity index (χ0n) is 13.0. The summed E-state index contributed by atoms with van der Waals surface area (Å²) >= 11 is 1.34. The third-order valence-corrected chi connectivity index (χ3v) is 4.18. The molecule has 8 heteroatoms. The van der Waals surface area contributed by atoms with Crippen molar-refractivity contribution in [3.63, 3.8) is 0 Å².